The quantitative estimate of drug-likeness (QED) is 0.621. The minimum absolute atomic E-state index is 0.158. The fraction of sp³-hybridized carbons (Fsp3) is 0.286. The Bertz CT molecular complexity index is 1130. The van der Waals surface area contributed by atoms with E-state index in [-0.39, 0.29) is 4.90 Å². The molecule has 3 rings (SSSR count). The zero-order chi connectivity index (χ0) is 21.2. The number of amides is 1. The number of ether oxygens (including phenoxy) is 1. The van der Waals surface area contributed by atoms with Crippen molar-refractivity contribution in [3.63, 3.8) is 0 Å². The number of rotatable bonds is 5. The lowest BCUT2D eigenvalue weighted by Crippen LogP contribution is -2.33. The fourth-order valence-corrected chi connectivity index (χ4v) is 4.37. The molecule has 0 fully saturated rings. The summed E-state index contributed by atoms with van der Waals surface area (Å²) >= 11 is 0. The molecule has 8 heteroatoms. The Hall–Kier alpha value is -3.00. The number of hydrogen-bond donors (Lipinski definition) is 2. The van der Waals surface area contributed by atoms with Crippen LogP contribution in [-0.4, -0.2) is 30.6 Å². The summed E-state index contributed by atoms with van der Waals surface area (Å²) in [4.78, 5) is 12.0. The van der Waals surface area contributed by atoms with Gasteiger partial charge in [0.25, 0.3) is 10.0 Å². The lowest BCUT2D eigenvalue weighted by Gasteiger charge is -2.19. The number of benzene rings is 2. The van der Waals surface area contributed by atoms with Gasteiger partial charge in [0.05, 0.1) is 10.4 Å². The van der Waals surface area contributed by atoms with Gasteiger partial charge in [-0.25, -0.2) is 17.2 Å². The van der Waals surface area contributed by atoms with Gasteiger partial charge in [-0.3, -0.25) is 0 Å². The van der Waals surface area contributed by atoms with Gasteiger partial charge in [0.2, 0.25) is 0 Å². The lowest BCUT2D eigenvalue weighted by atomic mass is 10.1. The van der Waals surface area contributed by atoms with Crippen LogP contribution >= 0.6 is 0 Å². The maximum atomic E-state index is 13.1. The third-order valence-corrected chi connectivity index (χ3v) is 5.95. The van der Waals surface area contributed by atoms with E-state index in [0.717, 1.165) is 10.9 Å². The van der Waals surface area contributed by atoms with E-state index >= 15 is 0 Å². The second-order valence-corrected chi connectivity index (χ2v) is 9.53. The first-order valence-corrected chi connectivity index (χ1v) is 10.7. The van der Waals surface area contributed by atoms with Crippen LogP contribution in [0.4, 0.5) is 10.5 Å². The summed E-state index contributed by atoms with van der Waals surface area (Å²) in [6.45, 7) is 5.71. The molecule has 7 nitrogen and oxygen atoms in total. The second kappa shape index (κ2) is 7.79. The molecule has 0 atom stereocenters. The molecule has 0 saturated carbocycles. The summed E-state index contributed by atoms with van der Waals surface area (Å²) in [6, 6.07) is 13.4. The van der Waals surface area contributed by atoms with Crippen LogP contribution in [0.1, 0.15) is 26.3 Å². The maximum absolute atomic E-state index is 13.1. The Morgan fingerprint density at radius 1 is 1.10 bits per heavy atom. The van der Waals surface area contributed by atoms with Crippen molar-refractivity contribution in [2.24, 2.45) is 0 Å². The predicted molar refractivity (Wildman–Crippen MR) is 113 cm³/mol. The van der Waals surface area contributed by atoms with E-state index in [4.69, 9.17) is 10.5 Å². The van der Waals surface area contributed by atoms with Gasteiger partial charge < -0.3 is 15.8 Å². The van der Waals surface area contributed by atoms with Crippen molar-refractivity contribution in [3.8, 4) is 0 Å². The molecule has 0 spiro atoms. The second-order valence-electron chi connectivity index (χ2n) is 7.72. The topological polar surface area (TPSA) is 103 Å². The third kappa shape index (κ3) is 4.71. The number of carbonyl (C=O) groups is 1. The Balaban J connectivity index is 1.88. The molecule has 154 valence electrons. The van der Waals surface area contributed by atoms with Crippen LogP contribution in [-0.2, 0) is 21.2 Å². The first-order valence-electron chi connectivity index (χ1n) is 9.25. The molecule has 0 saturated heterocycles. The van der Waals surface area contributed by atoms with E-state index in [9.17, 15) is 13.2 Å². The Morgan fingerprint density at radius 3 is 2.41 bits per heavy atom. The smallest absolute Gasteiger partial charge is 0.407 e. The highest BCUT2D eigenvalue weighted by molar-refractivity contribution is 7.90. The van der Waals surface area contributed by atoms with Crippen LogP contribution in [0.25, 0.3) is 10.9 Å². The normalized spacial score (nSPS) is 12.1. The number of nitrogens with one attached hydrogen (secondary N) is 1. The van der Waals surface area contributed by atoms with Crippen molar-refractivity contribution in [1.82, 2.24) is 9.29 Å². The van der Waals surface area contributed by atoms with Crippen molar-refractivity contribution < 1.29 is 17.9 Å². The van der Waals surface area contributed by atoms with E-state index in [1.165, 1.54) is 16.1 Å². The first-order chi connectivity index (χ1) is 13.6. The van der Waals surface area contributed by atoms with Crippen molar-refractivity contribution in [3.05, 3.63) is 60.3 Å². The zero-order valence-corrected chi connectivity index (χ0v) is 17.5. The van der Waals surface area contributed by atoms with Gasteiger partial charge >= 0.3 is 6.09 Å². The van der Waals surface area contributed by atoms with Crippen molar-refractivity contribution in [1.29, 1.82) is 0 Å². The minimum atomic E-state index is -3.78. The molecule has 0 radical (unpaired) electrons. The summed E-state index contributed by atoms with van der Waals surface area (Å²) in [5, 5.41) is 3.52. The number of hydrogen-bond acceptors (Lipinski definition) is 5. The largest absolute Gasteiger partial charge is 0.444 e. The minimum Gasteiger partial charge on any atom is -0.444 e. The monoisotopic (exact) mass is 415 g/mol. The molecule has 2 aromatic carbocycles. The van der Waals surface area contributed by atoms with Crippen LogP contribution in [0, 0.1) is 0 Å². The average Bonchev–Trinajstić information content (AvgIpc) is 3.00. The molecule has 0 aliphatic heterocycles. The van der Waals surface area contributed by atoms with E-state index < -0.39 is 21.7 Å². The predicted octanol–water partition coefficient (Wildman–Crippen LogP) is 3.53. The number of nitrogens with zero attached hydrogens (tertiary/aromatic N) is 1. The molecular weight excluding hydrogens is 390 g/mol. The molecule has 1 aromatic heterocycles. The van der Waals surface area contributed by atoms with Crippen LogP contribution < -0.4 is 11.1 Å². The molecule has 0 aliphatic rings. The van der Waals surface area contributed by atoms with Gasteiger partial charge in [0.15, 0.2) is 0 Å². The van der Waals surface area contributed by atoms with Crippen molar-refractivity contribution in [2.45, 2.75) is 37.7 Å². The van der Waals surface area contributed by atoms with E-state index in [2.05, 4.69) is 5.32 Å². The number of alkyl carbamates (subject to hydrolysis) is 1. The van der Waals surface area contributed by atoms with E-state index in [0.29, 0.717) is 24.2 Å². The van der Waals surface area contributed by atoms with Crippen molar-refractivity contribution in [2.75, 3.05) is 12.3 Å². The molecule has 0 bridgehead atoms. The van der Waals surface area contributed by atoms with Crippen LogP contribution in [0.5, 0.6) is 0 Å². The highest BCUT2D eigenvalue weighted by Crippen LogP contribution is 2.26. The Kier molecular flexibility index (Phi) is 5.57. The van der Waals surface area contributed by atoms with Gasteiger partial charge in [-0.2, -0.15) is 0 Å². The number of para-hydroxylation sites is 1. The molecule has 1 heterocycles. The van der Waals surface area contributed by atoms with Gasteiger partial charge in [-0.1, -0.05) is 18.2 Å². The molecule has 0 unspecified atom stereocenters. The van der Waals surface area contributed by atoms with Gasteiger partial charge in [0.1, 0.15) is 5.60 Å². The number of nitrogen functional groups attached to an aromatic ring is 1. The summed E-state index contributed by atoms with van der Waals surface area (Å²) < 4.78 is 32.8. The fourth-order valence-electron chi connectivity index (χ4n) is 2.98. The summed E-state index contributed by atoms with van der Waals surface area (Å²) in [5.41, 5.74) is 6.99. The highest BCUT2D eigenvalue weighted by atomic mass is 32.2. The van der Waals surface area contributed by atoms with Crippen molar-refractivity contribution >= 4 is 32.7 Å². The first kappa shape index (κ1) is 20.7. The van der Waals surface area contributed by atoms with Gasteiger partial charge in [-0.15, -0.1) is 0 Å². The maximum Gasteiger partial charge on any atom is 0.407 e. The molecule has 0 aliphatic carbocycles. The molecule has 29 heavy (non-hydrogen) atoms. The zero-order valence-electron chi connectivity index (χ0n) is 16.7. The summed E-state index contributed by atoms with van der Waals surface area (Å²) in [6.07, 6.45) is 1.56. The standard InChI is InChI=1S/C21H25N3O4S/c1-21(2,3)28-20(25)23-13-12-15-14-24(19-7-5-4-6-18(15)19)29(26,27)17-10-8-16(22)9-11-17/h4-11,14H,12-13,22H2,1-3H3,(H,23,25). The highest BCUT2D eigenvalue weighted by Gasteiger charge is 2.21. The lowest BCUT2D eigenvalue weighted by molar-refractivity contribution is 0.0528. The molecule has 3 N–H and O–H groups in total. The third-order valence-electron chi connectivity index (χ3n) is 4.26. The summed E-state index contributed by atoms with van der Waals surface area (Å²) in [5.74, 6) is 0. The Labute approximate surface area is 170 Å². The number of fused-ring (bicyclic) bond motifs is 1. The molecule has 1 amide bonds. The average molecular weight is 416 g/mol. The molecule has 3 aromatic rings. The number of carbonyl (C=O) groups excluding carboxylic acids is 1. The van der Waals surface area contributed by atoms with Gasteiger partial charge in [-0.05, 0) is 63.1 Å². The van der Waals surface area contributed by atoms with Crippen LogP contribution in [0.2, 0.25) is 0 Å². The van der Waals surface area contributed by atoms with Gasteiger partial charge in [0, 0.05) is 23.8 Å². The number of aromatic nitrogens is 1. The Morgan fingerprint density at radius 2 is 1.76 bits per heavy atom. The summed E-state index contributed by atoms with van der Waals surface area (Å²) in [7, 11) is -3.78. The molecular formula is C21H25N3O4S. The number of nitrogens with two attached hydrogens (primary N) is 1. The van der Waals surface area contributed by atoms with Crippen LogP contribution in [0.15, 0.2) is 59.6 Å². The van der Waals surface area contributed by atoms with E-state index in [1.54, 1.807) is 51.2 Å². The number of anilines is 1. The van der Waals surface area contributed by atoms with Crippen LogP contribution in [0.3, 0.4) is 0 Å². The van der Waals surface area contributed by atoms with E-state index in [1.807, 2.05) is 12.1 Å². The SMILES string of the molecule is CC(C)(C)OC(=O)NCCc1cn(S(=O)(=O)c2ccc(N)cc2)c2ccccc12.